The Balaban J connectivity index is 1.57. The molecule has 4 atom stereocenters. The number of hydrogen-bond acceptors (Lipinski definition) is 7. The third kappa shape index (κ3) is 3.01. The number of pyridine rings is 1. The maximum absolute atomic E-state index is 12.6. The molecule has 1 saturated heterocycles. The molecule has 5 heterocycles. The largest absolute Gasteiger partial charge is 0.543 e. The third-order valence-electron chi connectivity index (χ3n) is 6.29. The van der Waals surface area contributed by atoms with Crippen molar-refractivity contribution in [3.63, 3.8) is 0 Å². The monoisotopic (exact) mass is 470 g/mol. The summed E-state index contributed by atoms with van der Waals surface area (Å²) in [6, 6.07) is 5.46. The van der Waals surface area contributed by atoms with Gasteiger partial charge in [0.2, 0.25) is 15.8 Å². The van der Waals surface area contributed by atoms with Gasteiger partial charge in [0, 0.05) is 17.7 Å². The minimum Gasteiger partial charge on any atom is -0.543 e. The Morgan fingerprint density at radius 1 is 1.44 bits per heavy atom. The van der Waals surface area contributed by atoms with Gasteiger partial charge in [-0.1, -0.05) is 36.1 Å². The second kappa shape index (κ2) is 7.72. The third-order valence-corrected chi connectivity index (χ3v) is 8.37. The van der Waals surface area contributed by atoms with E-state index in [9.17, 15) is 19.8 Å². The lowest BCUT2D eigenvalue weighted by molar-refractivity contribution is -0.722. The van der Waals surface area contributed by atoms with Crippen molar-refractivity contribution in [3.05, 3.63) is 53.2 Å². The van der Waals surface area contributed by atoms with E-state index in [1.165, 1.54) is 16.2 Å². The number of carbonyl (C=O) groups is 2. The predicted octanol–water partition coefficient (Wildman–Crippen LogP) is 0.772. The molecule has 0 bridgehead atoms. The number of hydrogen-bond donors (Lipinski definition) is 1. The van der Waals surface area contributed by atoms with E-state index in [0.29, 0.717) is 12.1 Å². The van der Waals surface area contributed by atoms with E-state index >= 15 is 0 Å². The van der Waals surface area contributed by atoms with Gasteiger partial charge in [0.15, 0.2) is 0 Å². The van der Waals surface area contributed by atoms with Crippen molar-refractivity contribution < 1.29 is 24.4 Å². The van der Waals surface area contributed by atoms with Crippen LogP contribution in [0.3, 0.4) is 0 Å². The number of imidazole rings is 1. The van der Waals surface area contributed by atoms with E-state index in [1.54, 1.807) is 24.9 Å². The number of carboxylic acid groups (broad SMARTS) is 1. The van der Waals surface area contributed by atoms with Crippen molar-refractivity contribution in [2.24, 2.45) is 11.8 Å². The van der Waals surface area contributed by atoms with Gasteiger partial charge in [-0.3, -0.25) is 9.78 Å². The Hall–Kier alpha value is -2.69. The van der Waals surface area contributed by atoms with Crippen LogP contribution in [0.1, 0.15) is 24.4 Å². The number of nitrogens with zero attached hydrogens (tertiary/aromatic N) is 4. The summed E-state index contributed by atoms with van der Waals surface area (Å²) in [6.07, 6.45) is 6.84. The molecular weight excluding hydrogens is 448 g/mol. The molecule has 0 aromatic carbocycles. The topological polar surface area (TPSA) is 102 Å². The number of aliphatic hydroxyl groups excluding tert-OH is 1. The number of thiazole rings is 1. The number of β-lactam (4-membered cyclic amide) rings is 1. The quantitative estimate of drug-likeness (QED) is 0.324. The predicted molar refractivity (Wildman–Crippen MR) is 117 cm³/mol. The van der Waals surface area contributed by atoms with Crippen molar-refractivity contribution in [3.8, 4) is 0 Å². The number of aliphatic carboxylic acids is 1. The fourth-order valence-electron chi connectivity index (χ4n) is 4.92. The van der Waals surface area contributed by atoms with Crippen LogP contribution in [-0.2, 0) is 16.1 Å². The van der Waals surface area contributed by atoms with Crippen LogP contribution in [0.2, 0.25) is 0 Å². The molecule has 1 amide bonds. The Kier molecular flexibility index (Phi) is 5.11. The van der Waals surface area contributed by atoms with E-state index in [1.807, 2.05) is 48.3 Å². The number of carboxylic acids is 1. The van der Waals surface area contributed by atoms with Crippen LogP contribution in [0.5, 0.6) is 0 Å². The summed E-state index contributed by atoms with van der Waals surface area (Å²) in [7, 11) is 0. The lowest BCUT2D eigenvalue weighted by Gasteiger charge is -2.47. The first-order chi connectivity index (χ1) is 15.3. The van der Waals surface area contributed by atoms with Crippen molar-refractivity contribution in [2.45, 2.75) is 37.6 Å². The highest BCUT2D eigenvalue weighted by atomic mass is 32.2. The zero-order chi connectivity index (χ0) is 22.7. The summed E-state index contributed by atoms with van der Waals surface area (Å²) < 4.78 is 4.11. The zero-order valence-electron chi connectivity index (χ0n) is 17.8. The van der Waals surface area contributed by atoms with Gasteiger partial charge in [-0.05, 0) is 25.3 Å². The molecule has 32 heavy (non-hydrogen) atoms. The second-order valence-electron chi connectivity index (χ2n) is 8.19. The Bertz CT molecular complexity index is 1260. The van der Waals surface area contributed by atoms with Gasteiger partial charge < -0.3 is 19.9 Å². The molecule has 5 rings (SSSR count). The van der Waals surface area contributed by atoms with E-state index < -0.39 is 18.0 Å². The molecule has 2 aliphatic heterocycles. The molecule has 0 spiro atoms. The maximum atomic E-state index is 12.6. The molecular formula is C22H22N4O4S2. The lowest BCUT2D eigenvalue weighted by Crippen LogP contribution is -2.64. The van der Waals surface area contributed by atoms with Crippen LogP contribution in [0, 0.1) is 11.8 Å². The fraction of sp³-hybridized carbons (Fsp3) is 0.364. The molecule has 166 valence electrons. The smallest absolute Gasteiger partial charge is 0.250 e. The number of aliphatic hydroxyl groups is 1. The van der Waals surface area contributed by atoms with Crippen molar-refractivity contribution in [1.29, 1.82) is 0 Å². The Labute approximate surface area is 192 Å². The number of fused-ring (bicyclic) bond motifs is 2. The first-order valence-corrected chi connectivity index (χ1v) is 12.3. The van der Waals surface area contributed by atoms with Crippen LogP contribution < -0.4 is 9.67 Å². The lowest BCUT2D eigenvalue weighted by atomic mass is 9.77. The van der Waals surface area contributed by atoms with Crippen LogP contribution in [0.15, 0.2) is 47.6 Å². The summed E-state index contributed by atoms with van der Waals surface area (Å²) in [4.78, 5) is 32.1. The standard InChI is InChI=1S/C22H22N4O4S2/c1-11-15(18(22(29)30)26-17(11)16(12(2)27)19(26)28)14-9-25-10-24(20(31-3)21(25)32-14)8-13-6-4-5-7-23-13/h4-7,9-12,16-17,27H,8H2,1-3H3/t11-,12+,16+,17+/m0/s1. The number of amides is 1. The Morgan fingerprint density at radius 3 is 2.84 bits per heavy atom. The van der Waals surface area contributed by atoms with Crippen LogP contribution in [0.4, 0.5) is 0 Å². The highest BCUT2D eigenvalue weighted by Crippen LogP contribution is 2.51. The molecule has 0 radical (unpaired) electrons. The normalized spacial score (nSPS) is 23.6. The fourth-order valence-corrected chi connectivity index (χ4v) is 7.10. The van der Waals surface area contributed by atoms with Crippen molar-refractivity contribution >= 4 is 45.4 Å². The average Bonchev–Trinajstić information content (AvgIpc) is 3.35. The minimum atomic E-state index is -1.36. The van der Waals surface area contributed by atoms with E-state index in [2.05, 4.69) is 9.55 Å². The zero-order valence-corrected chi connectivity index (χ0v) is 19.4. The van der Waals surface area contributed by atoms with Gasteiger partial charge in [-0.25, -0.2) is 4.57 Å². The maximum Gasteiger partial charge on any atom is 0.250 e. The van der Waals surface area contributed by atoms with E-state index in [4.69, 9.17) is 0 Å². The molecule has 0 aliphatic carbocycles. The molecule has 1 N–H and O–H groups in total. The average molecular weight is 471 g/mol. The first kappa shape index (κ1) is 21.2. The second-order valence-corrected chi connectivity index (χ2v) is 10.0. The number of carbonyl (C=O) groups excluding carboxylic acids is 2. The minimum absolute atomic E-state index is 0.0685. The number of aromatic nitrogens is 3. The summed E-state index contributed by atoms with van der Waals surface area (Å²) in [5, 5.41) is 23.1. The first-order valence-electron chi connectivity index (χ1n) is 10.3. The number of rotatable bonds is 6. The molecule has 2 aliphatic rings. The van der Waals surface area contributed by atoms with Crippen LogP contribution in [0.25, 0.3) is 10.4 Å². The molecule has 1 fully saturated rings. The molecule has 3 aromatic heterocycles. The molecule has 3 aromatic rings. The van der Waals surface area contributed by atoms with Gasteiger partial charge in [-0.15, -0.1) is 0 Å². The van der Waals surface area contributed by atoms with Gasteiger partial charge in [0.25, 0.3) is 6.33 Å². The van der Waals surface area contributed by atoms with E-state index in [0.717, 1.165) is 20.4 Å². The van der Waals surface area contributed by atoms with E-state index in [-0.39, 0.29) is 23.6 Å². The Morgan fingerprint density at radius 2 is 2.22 bits per heavy atom. The summed E-state index contributed by atoms with van der Waals surface area (Å²) in [5.41, 5.74) is 1.48. The van der Waals surface area contributed by atoms with Crippen molar-refractivity contribution in [1.82, 2.24) is 14.3 Å². The van der Waals surface area contributed by atoms with Gasteiger partial charge >= 0.3 is 0 Å². The molecule has 0 unspecified atom stereocenters. The molecule has 10 heteroatoms. The van der Waals surface area contributed by atoms with Crippen LogP contribution in [-0.4, -0.2) is 49.7 Å². The van der Waals surface area contributed by atoms with Gasteiger partial charge in [0.05, 0.1) is 40.3 Å². The van der Waals surface area contributed by atoms with Gasteiger partial charge in [0.1, 0.15) is 12.7 Å². The summed E-state index contributed by atoms with van der Waals surface area (Å²) in [6.45, 7) is 4.12. The summed E-state index contributed by atoms with van der Waals surface area (Å²) >= 11 is 3.11. The molecule has 0 saturated carbocycles. The van der Waals surface area contributed by atoms with Crippen molar-refractivity contribution in [2.75, 3.05) is 6.26 Å². The summed E-state index contributed by atoms with van der Waals surface area (Å²) in [5.74, 6) is -2.53. The van der Waals surface area contributed by atoms with Gasteiger partial charge in [-0.2, -0.15) is 4.40 Å². The highest BCUT2D eigenvalue weighted by Gasteiger charge is 2.59. The molecule has 8 nitrogen and oxygen atoms in total. The SMILES string of the molecule is CSc1c2sc(C3=C(C(=O)[O-])N4C(=O)[C@H]([C@@H](C)O)[C@H]4[C@H]3C)cn2c[n+]1Cc1ccccn1. The van der Waals surface area contributed by atoms with Crippen LogP contribution >= 0.6 is 23.1 Å². The number of thioether (sulfide) groups is 1. The highest BCUT2D eigenvalue weighted by molar-refractivity contribution is 7.98.